The van der Waals surface area contributed by atoms with E-state index < -0.39 is 40.9 Å². The maximum absolute atomic E-state index is 13.9. The molecule has 252 valence electrons. The lowest BCUT2D eigenvalue weighted by atomic mass is 9.81. The van der Waals surface area contributed by atoms with Crippen LogP contribution in [0, 0.1) is 12.7 Å². The number of aryl methyl sites for hydroxylation is 1. The van der Waals surface area contributed by atoms with Gasteiger partial charge in [-0.2, -0.15) is 0 Å². The minimum Gasteiger partial charge on any atom is -0.489 e. The van der Waals surface area contributed by atoms with Gasteiger partial charge in [-0.25, -0.2) is 9.37 Å². The number of hydrogen-bond acceptors (Lipinski definition) is 9. The van der Waals surface area contributed by atoms with Crippen molar-refractivity contribution in [3.05, 3.63) is 82.9 Å². The van der Waals surface area contributed by atoms with Gasteiger partial charge < -0.3 is 30.7 Å². The molecule has 2 atom stereocenters. The second kappa shape index (κ2) is 12.9. The Bertz CT molecular complexity index is 1900. The largest absolute Gasteiger partial charge is 0.489 e. The SMILES string of the molecule is Cc1cnc2c(OCC(N)=O)cc(C(=O)CC[C@](C)(O)c3cc4c(c(-c5ccc(F)cc5)n3)OC[C@]4(C)C(=O)NCC(C)(C)O)cc2c1. The number of halogens is 1. The molecule has 48 heavy (non-hydrogen) atoms. The summed E-state index contributed by atoms with van der Waals surface area (Å²) >= 11 is 0. The molecule has 0 radical (unpaired) electrons. The first-order chi connectivity index (χ1) is 22.5. The number of amides is 2. The van der Waals surface area contributed by atoms with Gasteiger partial charge in [0.15, 0.2) is 12.4 Å². The van der Waals surface area contributed by atoms with Crippen LogP contribution in [0.25, 0.3) is 22.2 Å². The Kier molecular flexibility index (Phi) is 9.26. The smallest absolute Gasteiger partial charge is 0.255 e. The maximum Gasteiger partial charge on any atom is 0.255 e. The second-order valence-electron chi connectivity index (χ2n) is 13.4. The number of primary amides is 1. The highest BCUT2D eigenvalue weighted by molar-refractivity contribution is 6.01. The fraction of sp³-hybridized carbons (Fsp3) is 0.361. The number of aromatic nitrogens is 2. The van der Waals surface area contributed by atoms with E-state index >= 15 is 0 Å². The summed E-state index contributed by atoms with van der Waals surface area (Å²) < 4.78 is 25.5. The number of carbonyl (C=O) groups is 3. The topological polar surface area (TPSA) is 174 Å². The maximum atomic E-state index is 13.9. The van der Waals surface area contributed by atoms with Crippen LogP contribution in [0.5, 0.6) is 11.5 Å². The number of aliphatic hydroxyl groups is 2. The lowest BCUT2D eigenvalue weighted by Gasteiger charge is -2.27. The molecule has 0 bridgehead atoms. The average molecular weight is 659 g/mol. The number of nitrogens with two attached hydrogens (primary N) is 1. The third-order valence-electron chi connectivity index (χ3n) is 8.34. The van der Waals surface area contributed by atoms with Crippen molar-refractivity contribution in [3.8, 4) is 22.8 Å². The molecule has 2 aromatic heterocycles. The Morgan fingerprint density at radius 1 is 1.10 bits per heavy atom. The Labute approximate surface area is 277 Å². The van der Waals surface area contributed by atoms with E-state index in [2.05, 4.69) is 10.3 Å². The number of nitrogens with zero attached hydrogens (tertiary/aromatic N) is 2. The first-order valence-electron chi connectivity index (χ1n) is 15.5. The lowest BCUT2D eigenvalue weighted by molar-refractivity contribution is -0.127. The zero-order chi connectivity index (χ0) is 35.0. The number of fused-ring (bicyclic) bond motifs is 2. The third kappa shape index (κ3) is 7.29. The molecule has 1 aliphatic heterocycles. The van der Waals surface area contributed by atoms with E-state index in [1.807, 2.05) is 13.0 Å². The quantitative estimate of drug-likeness (QED) is 0.164. The molecule has 12 heteroatoms. The first-order valence-corrected chi connectivity index (χ1v) is 15.5. The van der Waals surface area contributed by atoms with Gasteiger partial charge in [-0.1, -0.05) is 0 Å². The van der Waals surface area contributed by atoms with Crippen LogP contribution in [-0.2, 0) is 20.6 Å². The van der Waals surface area contributed by atoms with Crippen molar-refractivity contribution in [2.24, 2.45) is 5.73 Å². The van der Waals surface area contributed by atoms with E-state index in [1.54, 1.807) is 39.1 Å². The molecule has 0 spiro atoms. The summed E-state index contributed by atoms with van der Waals surface area (Å²) in [6, 6.07) is 12.2. The predicted molar refractivity (Wildman–Crippen MR) is 176 cm³/mol. The van der Waals surface area contributed by atoms with Crippen molar-refractivity contribution in [2.45, 2.75) is 64.1 Å². The van der Waals surface area contributed by atoms with E-state index in [0.717, 1.165) is 5.56 Å². The van der Waals surface area contributed by atoms with Crippen LogP contribution in [0.1, 0.15) is 67.7 Å². The Morgan fingerprint density at radius 3 is 2.48 bits per heavy atom. The number of pyridine rings is 2. The molecule has 4 aromatic rings. The van der Waals surface area contributed by atoms with Crippen LogP contribution in [0.2, 0.25) is 0 Å². The summed E-state index contributed by atoms with van der Waals surface area (Å²) in [5.41, 5.74) is 4.33. The van der Waals surface area contributed by atoms with E-state index in [1.165, 1.54) is 37.3 Å². The highest BCUT2D eigenvalue weighted by Crippen LogP contribution is 2.46. The number of Topliss-reactive ketones (excluding diaryl/α,β-unsaturated/α-hetero) is 1. The molecule has 2 amide bonds. The number of carbonyl (C=O) groups excluding carboxylic acids is 3. The summed E-state index contributed by atoms with van der Waals surface area (Å²) in [5, 5.41) is 25.4. The number of ketones is 1. The molecule has 2 aromatic carbocycles. The Balaban J connectivity index is 1.49. The molecule has 0 fully saturated rings. The molecule has 1 aliphatic rings. The van der Waals surface area contributed by atoms with Gasteiger partial charge in [0.05, 0.1) is 11.3 Å². The van der Waals surface area contributed by atoms with Crippen molar-refractivity contribution in [3.63, 3.8) is 0 Å². The van der Waals surface area contributed by atoms with Crippen molar-refractivity contribution in [1.29, 1.82) is 0 Å². The number of nitrogens with one attached hydrogen (secondary N) is 1. The molecule has 0 aliphatic carbocycles. The highest BCUT2D eigenvalue weighted by atomic mass is 19.1. The average Bonchev–Trinajstić information content (AvgIpc) is 3.38. The number of rotatable bonds is 12. The molecular weight excluding hydrogens is 619 g/mol. The number of benzene rings is 2. The fourth-order valence-electron chi connectivity index (χ4n) is 5.52. The van der Waals surface area contributed by atoms with Gasteiger partial charge in [-0.05, 0) is 95.1 Å². The number of ether oxygens (including phenoxy) is 2. The highest BCUT2D eigenvalue weighted by Gasteiger charge is 2.46. The van der Waals surface area contributed by atoms with Crippen molar-refractivity contribution in [1.82, 2.24) is 15.3 Å². The second-order valence-corrected chi connectivity index (χ2v) is 13.4. The molecule has 3 heterocycles. The van der Waals surface area contributed by atoms with E-state index in [0.29, 0.717) is 39.0 Å². The van der Waals surface area contributed by atoms with Crippen molar-refractivity contribution in [2.75, 3.05) is 19.8 Å². The van der Waals surface area contributed by atoms with Gasteiger partial charge >= 0.3 is 0 Å². The van der Waals surface area contributed by atoms with Crippen LogP contribution >= 0.6 is 0 Å². The summed E-state index contributed by atoms with van der Waals surface area (Å²) in [5.74, 6) is -1.27. The minimum absolute atomic E-state index is 0.000962. The van der Waals surface area contributed by atoms with Crippen LogP contribution < -0.4 is 20.5 Å². The summed E-state index contributed by atoms with van der Waals surface area (Å²) in [4.78, 5) is 47.6. The van der Waals surface area contributed by atoms with Gasteiger partial charge in [0, 0.05) is 41.2 Å². The van der Waals surface area contributed by atoms with Crippen LogP contribution in [0.3, 0.4) is 0 Å². The molecule has 5 rings (SSSR count). The van der Waals surface area contributed by atoms with Crippen LogP contribution in [-0.4, -0.2) is 63.1 Å². The van der Waals surface area contributed by atoms with Crippen molar-refractivity contribution < 1.29 is 38.5 Å². The predicted octanol–water partition coefficient (Wildman–Crippen LogP) is 4.02. The monoisotopic (exact) mass is 658 g/mol. The molecular formula is C36H39FN4O7. The van der Waals surface area contributed by atoms with E-state index in [9.17, 15) is 29.0 Å². The van der Waals surface area contributed by atoms with E-state index in [4.69, 9.17) is 20.2 Å². The van der Waals surface area contributed by atoms with Gasteiger partial charge in [0.2, 0.25) is 5.91 Å². The number of hydrogen-bond donors (Lipinski definition) is 4. The zero-order valence-electron chi connectivity index (χ0n) is 27.5. The lowest BCUT2D eigenvalue weighted by Crippen LogP contribution is -2.48. The zero-order valence-corrected chi connectivity index (χ0v) is 27.5. The molecule has 0 saturated heterocycles. The standard InChI is InChI=1S/C36H39FN4O7/c1-20-12-23-13-22(14-27(30(23)39-16-20)47-17-29(38)43)26(42)10-11-36(5,46)28-15-25-32(31(41-28)21-6-8-24(37)9-7-21)48-19-35(25,4)33(44)40-18-34(2,3)45/h6-9,12-16,45-46H,10-11,17-19H2,1-5H3,(H2,38,43)(H,40,44)/t35-,36-/m0/s1. The molecule has 0 saturated carbocycles. The van der Waals surface area contributed by atoms with Gasteiger partial charge in [0.25, 0.3) is 5.91 Å². The minimum atomic E-state index is -1.66. The normalized spacial score (nSPS) is 16.9. The first kappa shape index (κ1) is 34.4. The van der Waals surface area contributed by atoms with Gasteiger partial charge in [-0.3, -0.25) is 19.4 Å². The van der Waals surface area contributed by atoms with Gasteiger partial charge in [-0.15, -0.1) is 0 Å². The van der Waals surface area contributed by atoms with Crippen molar-refractivity contribution >= 4 is 28.5 Å². The van der Waals surface area contributed by atoms with Crippen LogP contribution in [0.4, 0.5) is 4.39 Å². The molecule has 5 N–H and O–H groups in total. The molecule has 0 unspecified atom stereocenters. The Hall–Kier alpha value is -4.94. The summed E-state index contributed by atoms with van der Waals surface area (Å²) in [6.45, 7) is 7.81. The van der Waals surface area contributed by atoms with Crippen LogP contribution in [0.15, 0.2) is 54.7 Å². The third-order valence-corrected chi connectivity index (χ3v) is 8.34. The summed E-state index contributed by atoms with van der Waals surface area (Å²) in [7, 11) is 0. The fourth-order valence-corrected chi connectivity index (χ4v) is 5.52. The Morgan fingerprint density at radius 2 is 1.81 bits per heavy atom. The van der Waals surface area contributed by atoms with Gasteiger partial charge in [0.1, 0.15) is 46.1 Å². The molecule has 11 nitrogen and oxygen atoms in total. The van der Waals surface area contributed by atoms with E-state index in [-0.39, 0.29) is 43.2 Å². The summed E-state index contributed by atoms with van der Waals surface area (Å²) in [6.07, 6.45) is 1.50.